The molecule has 0 aromatic rings. The molecule has 0 aromatic heterocycles. The van der Waals surface area contributed by atoms with Crippen molar-refractivity contribution >= 4 is 0 Å². The van der Waals surface area contributed by atoms with Crippen LogP contribution in [0.15, 0.2) is 0 Å². The minimum Gasteiger partial charge on any atom is -0.392 e. The first-order valence-electron chi connectivity index (χ1n) is 5.68. The monoisotopic (exact) mass is 217 g/mol. The number of aliphatic hydroxyl groups excluding tert-OH is 1. The van der Waals surface area contributed by atoms with Gasteiger partial charge in [-0.05, 0) is 26.2 Å². The zero-order valence-corrected chi connectivity index (χ0v) is 9.70. The van der Waals surface area contributed by atoms with Crippen molar-refractivity contribution < 1.29 is 14.9 Å². The minimum atomic E-state index is -0.752. The fourth-order valence-corrected chi connectivity index (χ4v) is 1.94. The molecule has 4 nitrogen and oxygen atoms in total. The fourth-order valence-electron chi connectivity index (χ4n) is 1.94. The summed E-state index contributed by atoms with van der Waals surface area (Å²) in [5.74, 6) is 0. The quantitative estimate of drug-likeness (QED) is 0.598. The van der Waals surface area contributed by atoms with Gasteiger partial charge in [0.15, 0.2) is 0 Å². The summed E-state index contributed by atoms with van der Waals surface area (Å²) in [4.78, 5) is 0. The number of rotatable bonds is 6. The Labute approximate surface area is 91.6 Å². The van der Waals surface area contributed by atoms with Crippen molar-refractivity contribution in [1.82, 2.24) is 5.32 Å². The highest BCUT2D eigenvalue weighted by molar-refractivity contribution is 4.85. The summed E-state index contributed by atoms with van der Waals surface area (Å²) in [6.45, 7) is 2.86. The summed E-state index contributed by atoms with van der Waals surface area (Å²) >= 11 is 0. The molecule has 0 aromatic carbocycles. The van der Waals surface area contributed by atoms with Crippen molar-refractivity contribution in [3.8, 4) is 0 Å². The summed E-state index contributed by atoms with van der Waals surface area (Å²) in [6, 6.07) is 0.152. The van der Waals surface area contributed by atoms with Gasteiger partial charge < -0.3 is 20.3 Å². The second-order valence-corrected chi connectivity index (χ2v) is 4.73. The van der Waals surface area contributed by atoms with Crippen LogP contribution in [-0.2, 0) is 4.74 Å². The lowest BCUT2D eigenvalue weighted by Crippen LogP contribution is -2.45. The van der Waals surface area contributed by atoms with Gasteiger partial charge in [0, 0.05) is 32.7 Å². The standard InChI is InChI=1S/C11H23NO3/c1-11(14,6-7-15-2)8-12-9-4-3-5-10(9)13/h9-10,12-14H,3-8H2,1-2H3. The van der Waals surface area contributed by atoms with Crippen molar-refractivity contribution in [1.29, 1.82) is 0 Å². The Morgan fingerprint density at radius 3 is 2.73 bits per heavy atom. The third-order valence-corrected chi connectivity index (χ3v) is 3.07. The summed E-state index contributed by atoms with van der Waals surface area (Å²) in [6.07, 6.45) is 3.31. The largest absolute Gasteiger partial charge is 0.392 e. The van der Waals surface area contributed by atoms with Gasteiger partial charge in [-0.2, -0.15) is 0 Å². The van der Waals surface area contributed by atoms with Gasteiger partial charge in [-0.1, -0.05) is 0 Å². The smallest absolute Gasteiger partial charge is 0.0765 e. The van der Waals surface area contributed by atoms with Crippen molar-refractivity contribution in [2.24, 2.45) is 0 Å². The average Bonchev–Trinajstić information content (AvgIpc) is 2.58. The van der Waals surface area contributed by atoms with E-state index in [2.05, 4.69) is 5.32 Å². The van der Waals surface area contributed by atoms with E-state index >= 15 is 0 Å². The van der Waals surface area contributed by atoms with E-state index in [0.29, 0.717) is 19.6 Å². The van der Waals surface area contributed by atoms with Crippen LogP contribution in [0.25, 0.3) is 0 Å². The zero-order chi connectivity index (χ0) is 11.3. The molecule has 1 saturated carbocycles. The van der Waals surface area contributed by atoms with Gasteiger partial charge in [-0.3, -0.25) is 0 Å². The molecule has 0 radical (unpaired) electrons. The Bertz CT molecular complexity index is 185. The fraction of sp³-hybridized carbons (Fsp3) is 1.00. The number of aliphatic hydroxyl groups is 2. The summed E-state index contributed by atoms with van der Waals surface area (Å²) < 4.78 is 4.93. The molecular formula is C11H23NO3. The molecular weight excluding hydrogens is 194 g/mol. The molecule has 1 aliphatic carbocycles. The Morgan fingerprint density at radius 1 is 1.47 bits per heavy atom. The molecule has 3 N–H and O–H groups in total. The molecule has 3 unspecified atom stereocenters. The van der Waals surface area contributed by atoms with Crippen molar-refractivity contribution in [2.75, 3.05) is 20.3 Å². The SMILES string of the molecule is COCCC(C)(O)CNC1CCCC1O. The van der Waals surface area contributed by atoms with Crippen LogP contribution in [0.3, 0.4) is 0 Å². The van der Waals surface area contributed by atoms with E-state index in [1.54, 1.807) is 14.0 Å². The number of nitrogens with one attached hydrogen (secondary N) is 1. The second-order valence-electron chi connectivity index (χ2n) is 4.73. The third-order valence-electron chi connectivity index (χ3n) is 3.07. The van der Waals surface area contributed by atoms with Crippen LogP contribution in [0.2, 0.25) is 0 Å². The van der Waals surface area contributed by atoms with Crippen LogP contribution in [0.5, 0.6) is 0 Å². The molecule has 0 bridgehead atoms. The third kappa shape index (κ3) is 4.47. The number of methoxy groups -OCH3 is 1. The molecule has 90 valence electrons. The molecule has 0 saturated heterocycles. The van der Waals surface area contributed by atoms with Gasteiger partial charge in [-0.25, -0.2) is 0 Å². The van der Waals surface area contributed by atoms with E-state index in [1.165, 1.54) is 0 Å². The number of ether oxygens (including phenoxy) is 1. The molecule has 15 heavy (non-hydrogen) atoms. The van der Waals surface area contributed by atoms with Crippen molar-refractivity contribution in [3.05, 3.63) is 0 Å². The van der Waals surface area contributed by atoms with Crippen LogP contribution in [0.4, 0.5) is 0 Å². The van der Waals surface area contributed by atoms with Crippen LogP contribution in [-0.4, -0.2) is 48.2 Å². The minimum absolute atomic E-state index is 0.152. The van der Waals surface area contributed by atoms with Crippen molar-refractivity contribution in [3.63, 3.8) is 0 Å². The van der Waals surface area contributed by atoms with Gasteiger partial charge in [0.25, 0.3) is 0 Å². The lowest BCUT2D eigenvalue weighted by Gasteiger charge is -2.26. The van der Waals surface area contributed by atoms with E-state index in [-0.39, 0.29) is 12.1 Å². The summed E-state index contributed by atoms with van der Waals surface area (Å²) in [5, 5.41) is 22.8. The topological polar surface area (TPSA) is 61.7 Å². The first kappa shape index (κ1) is 12.9. The maximum Gasteiger partial charge on any atom is 0.0765 e. The van der Waals surface area contributed by atoms with E-state index in [9.17, 15) is 10.2 Å². The number of hydrogen-bond acceptors (Lipinski definition) is 4. The maximum absolute atomic E-state index is 9.97. The van der Waals surface area contributed by atoms with E-state index in [4.69, 9.17) is 4.74 Å². The Balaban J connectivity index is 2.22. The van der Waals surface area contributed by atoms with Crippen LogP contribution in [0.1, 0.15) is 32.6 Å². The summed E-state index contributed by atoms with van der Waals surface area (Å²) in [7, 11) is 1.63. The molecule has 3 atom stereocenters. The van der Waals surface area contributed by atoms with Gasteiger partial charge in [0.2, 0.25) is 0 Å². The highest BCUT2D eigenvalue weighted by Gasteiger charge is 2.27. The van der Waals surface area contributed by atoms with Gasteiger partial charge in [0.1, 0.15) is 0 Å². The van der Waals surface area contributed by atoms with Crippen molar-refractivity contribution in [2.45, 2.75) is 50.4 Å². The molecule has 0 heterocycles. The van der Waals surface area contributed by atoms with Gasteiger partial charge in [0.05, 0.1) is 11.7 Å². The molecule has 4 heteroatoms. The Hall–Kier alpha value is -0.160. The van der Waals surface area contributed by atoms with Gasteiger partial charge >= 0.3 is 0 Å². The van der Waals surface area contributed by atoms with E-state index < -0.39 is 5.60 Å². The van der Waals surface area contributed by atoms with E-state index in [1.807, 2.05) is 0 Å². The molecule has 0 amide bonds. The highest BCUT2D eigenvalue weighted by Crippen LogP contribution is 2.19. The molecule has 1 rings (SSSR count). The molecule has 0 spiro atoms. The Morgan fingerprint density at radius 2 is 2.20 bits per heavy atom. The molecule has 0 aliphatic heterocycles. The first-order chi connectivity index (χ1) is 7.05. The van der Waals surface area contributed by atoms with Crippen LogP contribution >= 0.6 is 0 Å². The molecule has 1 fully saturated rings. The first-order valence-corrected chi connectivity index (χ1v) is 5.68. The second kappa shape index (κ2) is 5.80. The predicted octanol–water partition coefficient (Wildman–Crippen LogP) is 0.277. The van der Waals surface area contributed by atoms with E-state index in [0.717, 1.165) is 19.3 Å². The highest BCUT2D eigenvalue weighted by atomic mass is 16.5. The predicted molar refractivity (Wildman–Crippen MR) is 58.8 cm³/mol. The number of hydrogen-bond donors (Lipinski definition) is 3. The lowest BCUT2D eigenvalue weighted by molar-refractivity contribution is 0.0187. The van der Waals surface area contributed by atoms with Crippen LogP contribution < -0.4 is 5.32 Å². The van der Waals surface area contributed by atoms with Gasteiger partial charge in [-0.15, -0.1) is 0 Å². The summed E-state index contributed by atoms with van der Waals surface area (Å²) in [5.41, 5.74) is -0.752. The average molecular weight is 217 g/mol. The normalized spacial score (nSPS) is 30.4. The maximum atomic E-state index is 9.97. The zero-order valence-electron chi connectivity index (χ0n) is 9.70. The molecule has 1 aliphatic rings. The Kier molecular flexibility index (Phi) is 4.99. The lowest BCUT2D eigenvalue weighted by atomic mass is 10.0. The van der Waals surface area contributed by atoms with Crippen LogP contribution in [0, 0.1) is 0 Å².